The van der Waals surface area contributed by atoms with Crippen LogP contribution in [0.15, 0.2) is 51.8 Å². The van der Waals surface area contributed by atoms with Gasteiger partial charge in [0.15, 0.2) is 0 Å². The normalized spacial score (nSPS) is 17.2. The van der Waals surface area contributed by atoms with Gasteiger partial charge in [-0.1, -0.05) is 34.1 Å². The van der Waals surface area contributed by atoms with Crippen molar-refractivity contribution in [2.45, 2.75) is 29.8 Å². The van der Waals surface area contributed by atoms with Crippen molar-refractivity contribution in [3.05, 3.63) is 58.1 Å². The van der Waals surface area contributed by atoms with Crippen LogP contribution in [0.4, 0.5) is 0 Å². The van der Waals surface area contributed by atoms with E-state index in [2.05, 4.69) is 51.6 Å². The molecule has 0 spiro atoms. The van der Waals surface area contributed by atoms with E-state index in [9.17, 15) is 0 Å². The summed E-state index contributed by atoms with van der Waals surface area (Å²) < 4.78 is 12.6. The quantitative estimate of drug-likeness (QED) is 0.677. The summed E-state index contributed by atoms with van der Waals surface area (Å²) in [5.74, 6) is 1.79. The molecule has 2 aromatic rings. The molecule has 1 heterocycles. The van der Waals surface area contributed by atoms with Gasteiger partial charge in [0.25, 0.3) is 0 Å². The van der Waals surface area contributed by atoms with Crippen molar-refractivity contribution in [1.29, 1.82) is 0 Å². The van der Waals surface area contributed by atoms with Gasteiger partial charge in [-0.2, -0.15) is 0 Å². The van der Waals surface area contributed by atoms with Crippen molar-refractivity contribution in [1.82, 2.24) is 5.32 Å². The number of nitrogens with one attached hydrogen (secondary N) is 1. The zero-order valence-corrected chi connectivity index (χ0v) is 16.2. The van der Waals surface area contributed by atoms with Gasteiger partial charge < -0.3 is 14.8 Å². The molecule has 1 N–H and O–H groups in total. The molecule has 0 radical (unpaired) electrons. The van der Waals surface area contributed by atoms with Crippen LogP contribution in [0.5, 0.6) is 5.75 Å². The Bertz CT molecular complexity index is 674. The van der Waals surface area contributed by atoms with E-state index in [-0.39, 0.29) is 0 Å². The van der Waals surface area contributed by atoms with Crippen LogP contribution < -0.4 is 10.1 Å². The number of hydrogen-bond acceptors (Lipinski definition) is 4. The second kappa shape index (κ2) is 8.90. The number of hydrogen-bond donors (Lipinski definition) is 1. The Morgan fingerprint density at radius 3 is 2.88 bits per heavy atom. The Kier molecular flexibility index (Phi) is 6.60. The molecule has 1 aliphatic rings. The Labute approximate surface area is 156 Å². The first-order chi connectivity index (χ1) is 11.8. The summed E-state index contributed by atoms with van der Waals surface area (Å²) in [4.78, 5) is 1.27. The van der Waals surface area contributed by atoms with Gasteiger partial charge in [0.05, 0.1) is 19.8 Å². The van der Waals surface area contributed by atoms with Crippen LogP contribution in [0.25, 0.3) is 0 Å². The van der Waals surface area contributed by atoms with Crippen LogP contribution >= 0.6 is 27.7 Å². The summed E-state index contributed by atoms with van der Waals surface area (Å²) >= 11 is 5.36. The lowest BCUT2D eigenvalue weighted by Gasteiger charge is -2.14. The first kappa shape index (κ1) is 17.8. The molecule has 128 valence electrons. The van der Waals surface area contributed by atoms with E-state index in [0.717, 1.165) is 35.5 Å². The maximum absolute atomic E-state index is 6.04. The van der Waals surface area contributed by atoms with Crippen LogP contribution in [-0.4, -0.2) is 26.3 Å². The van der Waals surface area contributed by atoms with E-state index in [1.165, 1.54) is 16.0 Å². The van der Waals surface area contributed by atoms with E-state index >= 15 is 0 Å². The lowest BCUT2D eigenvalue weighted by Crippen LogP contribution is -2.16. The number of methoxy groups -OCH3 is 1. The van der Waals surface area contributed by atoms with Crippen molar-refractivity contribution in [3.63, 3.8) is 0 Å². The highest BCUT2D eigenvalue weighted by Gasteiger charge is 2.15. The minimum absolute atomic E-state index is 0.341. The van der Waals surface area contributed by atoms with Gasteiger partial charge in [-0.25, -0.2) is 0 Å². The minimum atomic E-state index is 0.341. The molecule has 1 unspecified atom stereocenters. The van der Waals surface area contributed by atoms with E-state index < -0.39 is 0 Å². The smallest absolute Gasteiger partial charge is 0.122 e. The van der Waals surface area contributed by atoms with Crippen molar-refractivity contribution in [2.75, 3.05) is 20.2 Å². The predicted octanol–water partition coefficient (Wildman–Crippen LogP) is 4.63. The zero-order valence-electron chi connectivity index (χ0n) is 13.8. The molecule has 0 aromatic heterocycles. The fraction of sp³-hybridized carbons (Fsp3) is 0.368. The van der Waals surface area contributed by atoms with Crippen LogP contribution in [0.1, 0.15) is 17.5 Å². The molecule has 1 aliphatic heterocycles. The largest absolute Gasteiger partial charge is 0.496 e. The maximum Gasteiger partial charge on any atom is 0.122 e. The molecule has 1 saturated heterocycles. The number of thioether (sulfide) groups is 1. The van der Waals surface area contributed by atoms with Gasteiger partial charge in [-0.3, -0.25) is 0 Å². The fourth-order valence-electron chi connectivity index (χ4n) is 2.76. The predicted molar refractivity (Wildman–Crippen MR) is 103 cm³/mol. The van der Waals surface area contributed by atoms with Crippen molar-refractivity contribution in [2.24, 2.45) is 0 Å². The molecule has 0 aliphatic carbocycles. The van der Waals surface area contributed by atoms with Crippen LogP contribution in [0, 0.1) is 0 Å². The third-order valence-corrected chi connectivity index (χ3v) is 5.75. The second-order valence-electron chi connectivity index (χ2n) is 5.78. The highest BCUT2D eigenvalue weighted by molar-refractivity contribution is 9.10. The van der Waals surface area contributed by atoms with E-state index in [0.29, 0.717) is 12.7 Å². The highest BCUT2D eigenvalue weighted by atomic mass is 79.9. The fourth-order valence-corrected chi connectivity index (χ4v) is 4.19. The van der Waals surface area contributed by atoms with E-state index in [1.54, 1.807) is 7.11 Å². The molecule has 0 bridgehead atoms. The van der Waals surface area contributed by atoms with E-state index in [4.69, 9.17) is 9.47 Å². The number of halogens is 1. The molecule has 24 heavy (non-hydrogen) atoms. The molecule has 1 atom stereocenters. The van der Waals surface area contributed by atoms with Crippen LogP contribution in [-0.2, 0) is 17.1 Å². The summed E-state index contributed by atoms with van der Waals surface area (Å²) in [6.07, 6.45) is 1.44. The van der Waals surface area contributed by atoms with Crippen LogP contribution in [0.3, 0.4) is 0 Å². The first-order valence-electron chi connectivity index (χ1n) is 8.11. The molecular formula is C19H22BrNO2S. The third kappa shape index (κ3) is 4.76. The minimum Gasteiger partial charge on any atom is -0.496 e. The summed E-state index contributed by atoms with van der Waals surface area (Å²) in [5, 5.41) is 3.34. The summed E-state index contributed by atoms with van der Waals surface area (Å²) in [6.45, 7) is 2.69. The molecule has 2 aromatic carbocycles. The zero-order chi connectivity index (χ0) is 16.8. The number of rotatable bonds is 7. The molecule has 0 saturated carbocycles. The second-order valence-corrected chi connectivity index (χ2v) is 7.71. The van der Waals surface area contributed by atoms with Crippen molar-refractivity contribution >= 4 is 27.7 Å². The Hall–Kier alpha value is -1.01. The molecule has 3 rings (SSSR count). The number of ether oxygens (including phenoxy) is 2. The average molecular weight is 408 g/mol. The molecule has 3 nitrogen and oxygen atoms in total. The maximum atomic E-state index is 6.04. The van der Waals surface area contributed by atoms with Gasteiger partial charge in [0.1, 0.15) is 5.75 Å². The van der Waals surface area contributed by atoms with Gasteiger partial charge in [-0.15, -0.1) is 11.8 Å². The standard InChI is InChI=1S/C19H22BrNO2S/c1-22-18-7-6-16(20)10-15(18)13-24-19-5-3-2-4-14(19)12-23-17-8-9-21-11-17/h2-7,10,17,21H,8-9,11-13H2,1H3. The average Bonchev–Trinajstić information content (AvgIpc) is 3.12. The monoisotopic (exact) mass is 407 g/mol. The first-order valence-corrected chi connectivity index (χ1v) is 9.89. The topological polar surface area (TPSA) is 30.5 Å². The van der Waals surface area contributed by atoms with Gasteiger partial charge in [-0.05, 0) is 42.8 Å². The highest BCUT2D eigenvalue weighted by Crippen LogP contribution is 2.32. The molecular weight excluding hydrogens is 386 g/mol. The Morgan fingerprint density at radius 2 is 2.08 bits per heavy atom. The molecule has 1 fully saturated rings. The number of benzene rings is 2. The van der Waals surface area contributed by atoms with Gasteiger partial charge >= 0.3 is 0 Å². The lowest BCUT2D eigenvalue weighted by atomic mass is 10.2. The van der Waals surface area contributed by atoms with Crippen molar-refractivity contribution in [3.8, 4) is 5.75 Å². The van der Waals surface area contributed by atoms with Gasteiger partial charge in [0, 0.05) is 27.2 Å². The van der Waals surface area contributed by atoms with Gasteiger partial charge in [0.2, 0.25) is 0 Å². The molecule has 0 amide bonds. The molecule has 5 heteroatoms. The SMILES string of the molecule is COc1ccc(Br)cc1CSc1ccccc1COC1CCNC1. The van der Waals surface area contributed by atoms with Crippen LogP contribution in [0.2, 0.25) is 0 Å². The van der Waals surface area contributed by atoms with E-state index in [1.807, 2.05) is 23.9 Å². The Morgan fingerprint density at radius 1 is 1.21 bits per heavy atom. The van der Waals surface area contributed by atoms with Crippen molar-refractivity contribution < 1.29 is 9.47 Å². The summed E-state index contributed by atoms with van der Waals surface area (Å²) in [7, 11) is 1.72. The third-order valence-electron chi connectivity index (χ3n) is 4.09. The Balaban J connectivity index is 1.65. The summed E-state index contributed by atoms with van der Waals surface area (Å²) in [6, 6.07) is 14.6. The summed E-state index contributed by atoms with van der Waals surface area (Å²) in [5.41, 5.74) is 2.44. The lowest BCUT2D eigenvalue weighted by molar-refractivity contribution is 0.0530.